The maximum absolute atomic E-state index is 13.0. The molecule has 0 heterocycles. The number of rotatable bonds is 58. The molecule has 1 amide bonds. The number of nitrogens with zero attached hydrogens (tertiary/aromatic N) is 1. The van der Waals surface area contributed by atoms with Crippen LogP contribution in [-0.4, -0.2) is 68.5 Å². The van der Waals surface area contributed by atoms with E-state index >= 15 is 0 Å². The van der Waals surface area contributed by atoms with Crippen molar-refractivity contribution in [2.75, 3.05) is 40.9 Å². The van der Waals surface area contributed by atoms with Crippen molar-refractivity contribution in [1.82, 2.24) is 5.32 Å². The van der Waals surface area contributed by atoms with Gasteiger partial charge >= 0.3 is 0 Å². The quantitative estimate of drug-likeness (QED) is 0.0272. The summed E-state index contributed by atoms with van der Waals surface area (Å²) in [6.07, 6.45) is 93.3. The van der Waals surface area contributed by atoms with E-state index in [1.807, 2.05) is 21.1 Å². The predicted molar refractivity (Wildman–Crippen MR) is 352 cm³/mol. The first kappa shape index (κ1) is 77.4. The number of amides is 1. The average molecular weight is 1140 g/mol. The lowest BCUT2D eigenvalue weighted by molar-refractivity contribution is -0.870. The van der Waals surface area contributed by atoms with E-state index in [0.717, 1.165) is 128 Å². The minimum Gasteiger partial charge on any atom is -0.756 e. The van der Waals surface area contributed by atoms with Gasteiger partial charge in [0.05, 0.1) is 39.9 Å². The number of unbranched alkanes of at least 4 members (excludes halogenated alkanes) is 21. The topological polar surface area (TPSA) is 108 Å². The van der Waals surface area contributed by atoms with Gasteiger partial charge in [0.15, 0.2) is 0 Å². The molecule has 0 saturated carbocycles. The maximum Gasteiger partial charge on any atom is 0.268 e. The molecule has 9 heteroatoms. The first-order valence-electron chi connectivity index (χ1n) is 32.7. The van der Waals surface area contributed by atoms with Gasteiger partial charge in [-0.25, -0.2) is 0 Å². The lowest BCUT2D eigenvalue weighted by atomic mass is 10.0. The molecule has 0 fully saturated rings. The highest BCUT2D eigenvalue weighted by Crippen LogP contribution is 2.38. The van der Waals surface area contributed by atoms with E-state index in [9.17, 15) is 19.4 Å². The zero-order valence-corrected chi connectivity index (χ0v) is 53.6. The van der Waals surface area contributed by atoms with E-state index in [1.165, 1.54) is 96.3 Å². The Morgan fingerprint density at radius 2 is 0.753 bits per heavy atom. The lowest BCUT2D eigenvalue weighted by Gasteiger charge is -2.30. The molecule has 0 rings (SSSR count). The Morgan fingerprint density at radius 3 is 1.10 bits per heavy atom. The molecule has 81 heavy (non-hydrogen) atoms. The number of phosphoric acid groups is 1. The molecule has 0 spiro atoms. The second kappa shape index (κ2) is 61.0. The van der Waals surface area contributed by atoms with E-state index in [-0.39, 0.29) is 19.1 Å². The van der Waals surface area contributed by atoms with Crippen LogP contribution in [0.2, 0.25) is 0 Å². The summed E-state index contributed by atoms with van der Waals surface area (Å²) in [5, 5.41) is 14.0. The first-order chi connectivity index (χ1) is 39.5. The molecule has 0 bridgehead atoms. The number of carbonyl (C=O) groups excluding carboxylic acids is 1. The van der Waals surface area contributed by atoms with E-state index in [4.69, 9.17) is 9.05 Å². The van der Waals surface area contributed by atoms with Crippen molar-refractivity contribution in [2.24, 2.45) is 0 Å². The minimum atomic E-state index is -4.59. The summed E-state index contributed by atoms with van der Waals surface area (Å²) in [6.45, 7) is 4.59. The number of likely N-dealkylation sites (N-methyl/N-ethyl adjacent to an activating group) is 1. The summed E-state index contributed by atoms with van der Waals surface area (Å²) < 4.78 is 23.4. The van der Waals surface area contributed by atoms with Gasteiger partial charge in [-0.05, 0) is 103 Å². The van der Waals surface area contributed by atoms with E-state index in [0.29, 0.717) is 23.9 Å². The van der Waals surface area contributed by atoms with Gasteiger partial charge < -0.3 is 28.8 Å². The van der Waals surface area contributed by atoms with Crippen LogP contribution < -0.4 is 10.2 Å². The van der Waals surface area contributed by atoms with E-state index < -0.39 is 20.0 Å². The lowest BCUT2D eigenvalue weighted by Crippen LogP contribution is -2.46. The summed E-state index contributed by atoms with van der Waals surface area (Å²) in [6, 6.07) is -0.826. The molecule has 0 aromatic rings. The Bertz CT molecular complexity index is 1830. The van der Waals surface area contributed by atoms with Crippen LogP contribution in [0.25, 0.3) is 0 Å². The molecule has 462 valence electrons. The normalized spacial score (nSPS) is 14.7. The minimum absolute atomic E-state index is 0.000247. The van der Waals surface area contributed by atoms with Crippen molar-refractivity contribution in [3.05, 3.63) is 146 Å². The van der Waals surface area contributed by atoms with Crippen LogP contribution >= 0.6 is 7.82 Å². The number of nitrogens with one attached hydrogen (secondary N) is 1. The van der Waals surface area contributed by atoms with Crippen molar-refractivity contribution in [3.8, 4) is 0 Å². The predicted octanol–water partition coefficient (Wildman–Crippen LogP) is 20.2. The van der Waals surface area contributed by atoms with Gasteiger partial charge in [0.2, 0.25) is 5.91 Å². The molecule has 0 aliphatic carbocycles. The zero-order chi connectivity index (χ0) is 59.1. The van der Waals surface area contributed by atoms with Crippen molar-refractivity contribution in [1.29, 1.82) is 0 Å². The number of aliphatic hydroxyl groups is 1. The van der Waals surface area contributed by atoms with Crippen LogP contribution in [0.1, 0.15) is 251 Å². The van der Waals surface area contributed by atoms with Crippen LogP contribution in [0, 0.1) is 0 Å². The fraction of sp³-hybridized carbons (Fsp3) is 0.653. The Hall–Kier alpha value is -3.62. The summed E-state index contributed by atoms with van der Waals surface area (Å²) in [7, 11) is 1.27. The Balaban J connectivity index is 4.18. The van der Waals surface area contributed by atoms with Gasteiger partial charge in [-0.3, -0.25) is 9.36 Å². The SMILES string of the molecule is CC/C=C\C/C=C\C/C=C\C/C=C\C/C=C\C/C=C\C/C=C\C/C=C\C/C=C\C/C=C\C/C=C\C/C=C\CCCCCCC(=O)NC(COP(=O)([O-])OCC[N+](C)(C)C)C(O)CCCCCCCCCCCCCCCCCCCC. The monoisotopic (exact) mass is 1140 g/mol. The largest absolute Gasteiger partial charge is 0.756 e. The zero-order valence-electron chi connectivity index (χ0n) is 52.7. The second-order valence-electron chi connectivity index (χ2n) is 22.7. The number of aliphatic hydroxyl groups excluding tert-OH is 1. The Morgan fingerprint density at radius 1 is 0.444 bits per heavy atom. The number of carbonyl (C=O) groups is 1. The van der Waals surface area contributed by atoms with Gasteiger partial charge in [-0.1, -0.05) is 288 Å². The third kappa shape index (κ3) is 63.8. The molecule has 2 N–H and O–H groups in total. The average Bonchev–Trinajstić information content (AvgIpc) is 3.43. The summed E-state index contributed by atoms with van der Waals surface area (Å²) in [5.41, 5.74) is 0. The highest BCUT2D eigenvalue weighted by molar-refractivity contribution is 7.45. The maximum atomic E-state index is 13.0. The van der Waals surface area contributed by atoms with Crippen molar-refractivity contribution in [3.63, 3.8) is 0 Å². The molecular weight excluding hydrogens is 1020 g/mol. The second-order valence-corrected chi connectivity index (χ2v) is 24.2. The molecule has 0 radical (unpaired) electrons. The standard InChI is InChI=1S/C72H123N2O6P/c1-6-8-10-12-14-16-18-20-22-24-26-27-28-29-30-31-32-33-34-35-36-37-38-39-40-41-42-43-44-45-46-47-48-50-52-54-56-58-60-62-64-66-72(76)73-70(69-80-81(77,78)79-68-67-74(3,4)5)71(75)65-63-61-59-57-55-53-51-49-25-23-21-19-17-15-13-11-9-7-2/h8,10,14,16,20,22,26-27,29-30,32-33,35-36,38-39,41-42,44-45,47-48,52,54,70-71,75H,6-7,9,11-13,15,17-19,21,23-25,28,31,34,37,40,43,46,49-51,53,55-69H2,1-5H3,(H-,73,76,77,78)/b10-8-,16-14-,22-20-,27-26-,30-29-,33-32-,36-35-,39-38-,42-41-,45-44-,48-47-,54-52-. The molecule has 3 unspecified atom stereocenters. The van der Waals surface area contributed by atoms with Gasteiger partial charge in [-0.15, -0.1) is 0 Å². The summed E-state index contributed by atoms with van der Waals surface area (Å²) >= 11 is 0. The van der Waals surface area contributed by atoms with Gasteiger partial charge in [-0.2, -0.15) is 0 Å². The smallest absolute Gasteiger partial charge is 0.268 e. The van der Waals surface area contributed by atoms with E-state index in [2.05, 4.69) is 165 Å². The number of hydrogen-bond acceptors (Lipinski definition) is 6. The fourth-order valence-electron chi connectivity index (χ4n) is 8.79. The number of hydrogen-bond donors (Lipinski definition) is 2. The molecule has 8 nitrogen and oxygen atoms in total. The van der Waals surface area contributed by atoms with E-state index in [1.54, 1.807) is 0 Å². The molecule has 0 aliphatic rings. The van der Waals surface area contributed by atoms with Crippen LogP contribution in [0.15, 0.2) is 146 Å². The van der Waals surface area contributed by atoms with Crippen LogP contribution in [-0.2, 0) is 18.4 Å². The van der Waals surface area contributed by atoms with Gasteiger partial charge in [0.1, 0.15) is 13.2 Å². The number of allylic oxidation sites excluding steroid dienone is 24. The Labute approximate surface area is 499 Å². The van der Waals surface area contributed by atoms with Gasteiger partial charge in [0, 0.05) is 6.42 Å². The molecule has 0 saturated heterocycles. The molecule has 0 aromatic heterocycles. The third-order valence-corrected chi connectivity index (χ3v) is 14.8. The summed E-state index contributed by atoms with van der Waals surface area (Å²) in [4.78, 5) is 25.6. The molecule has 0 aliphatic heterocycles. The van der Waals surface area contributed by atoms with Crippen molar-refractivity contribution < 1.29 is 32.9 Å². The van der Waals surface area contributed by atoms with Crippen molar-refractivity contribution >= 4 is 13.7 Å². The highest BCUT2D eigenvalue weighted by atomic mass is 31.2. The third-order valence-electron chi connectivity index (χ3n) is 13.8. The van der Waals surface area contributed by atoms with Crippen LogP contribution in [0.3, 0.4) is 0 Å². The Kier molecular flexibility index (Phi) is 58.2. The first-order valence-corrected chi connectivity index (χ1v) is 34.1. The van der Waals surface area contributed by atoms with Crippen LogP contribution in [0.4, 0.5) is 0 Å². The highest BCUT2D eigenvalue weighted by Gasteiger charge is 2.24. The number of phosphoric ester groups is 1. The summed E-state index contributed by atoms with van der Waals surface area (Å²) in [5.74, 6) is -0.193. The number of quaternary nitrogens is 1. The molecular formula is C72H123N2O6P. The molecule has 3 atom stereocenters. The van der Waals surface area contributed by atoms with Crippen molar-refractivity contribution in [2.45, 2.75) is 264 Å². The van der Waals surface area contributed by atoms with Gasteiger partial charge in [0.25, 0.3) is 7.82 Å². The van der Waals surface area contributed by atoms with Crippen LogP contribution in [0.5, 0.6) is 0 Å². The molecule has 0 aromatic carbocycles. The fourth-order valence-corrected chi connectivity index (χ4v) is 9.51.